The summed E-state index contributed by atoms with van der Waals surface area (Å²) in [6.07, 6.45) is 0.550. The minimum absolute atomic E-state index is 0.0249. The number of fused-ring (bicyclic) bond motifs is 1. The van der Waals surface area contributed by atoms with Crippen LogP contribution in [-0.4, -0.2) is 36.7 Å². The van der Waals surface area contributed by atoms with Crippen molar-refractivity contribution in [1.82, 2.24) is 15.8 Å². The summed E-state index contributed by atoms with van der Waals surface area (Å²) in [7, 11) is -3.02. The van der Waals surface area contributed by atoms with Crippen LogP contribution < -0.4 is 10.9 Å². The maximum absolute atomic E-state index is 12.1. The van der Waals surface area contributed by atoms with E-state index in [9.17, 15) is 18.0 Å². The average molecular weight is 370 g/mol. The van der Waals surface area contributed by atoms with Gasteiger partial charge in [0.1, 0.15) is 5.69 Å². The van der Waals surface area contributed by atoms with Gasteiger partial charge in [-0.3, -0.25) is 20.4 Å². The Morgan fingerprint density at radius 3 is 2.75 bits per heavy atom. The van der Waals surface area contributed by atoms with Crippen molar-refractivity contribution in [3.05, 3.63) is 35.0 Å². The number of rotatable bonds is 3. The van der Waals surface area contributed by atoms with Crippen molar-refractivity contribution in [2.24, 2.45) is 5.92 Å². The second kappa shape index (κ2) is 6.45. The number of hydrogen-bond donors (Lipinski definition) is 3. The lowest BCUT2D eigenvalue weighted by molar-refractivity contribution is -0.122. The van der Waals surface area contributed by atoms with Gasteiger partial charge >= 0.3 is 0 Å². The molecular formula is C15H16ClN3O4S. The molecule has 0 spiro atoms. The molecule has 1 aromatic carbocycles. The third kappa shape index (κ3) is 3.88. The highest BCUT2D eigenvalue weighted by atomic mass is 35.5. The number of carbonyl (C=O) groups excluding carboxylic acids is 2. The lowest BCUT2D eigenvalue weighted by Gasteiger charge is -2.09. The minimum atomic E-state index is -3.02. The highest BCUT2D eigenvalue weighted by Gasteiger charge is 2.29. The Balaban J connectivity index is 1.55. The zero-order valence-corrected chi connectivity index (χ0v) is 14.2. The molecule has 3 N–H and O–H groups in total. The zero-order chi connectivity index (χ0) is 17.3. The number of hydrazine groups is 1. The molecule has 2 heterocycles. The van der Waals surface area contributed by atoms with Gasteiger partial charge < -0.3 is 4.98 Å². The van der Waals surface area contributed by atoms with Gasteiger partial charge in [-0.2, -0.15) is 0 Å². The van der Waals surface area contributed by atoms with Crippen LogP contribution in [0.25, 0.3) is 10.9 Å². The van der Waals surface area contributed by atoms with E-state index in [4.69, 9.17) is 11.6 Å². The third-order valence-corrected chi connectivity index (χ3v) is 6.02. The first-order chi connectivity index (χ1) is 11.3. The summed E-state index contributed by atoms with van der Waals surface area (Å²) < 4.78 is 22.7. The second-order valence-electron chi connectivity index (χ2n) is 5.89. The van der Waals surface area contributed by atoms with Crippen LogP contribution in [0, 0.1) is 5.92 Å². The average Bonchev–Trinajstić information content (AvgIpc) is 3.07. The number of benzene rings is 1. The van der Waals surface area contributed by atoms with Crippen molar-refractivity contribution in [2.75, 3.05) is 11.5 Å². The van der Waals surface area contributed by atoms with Gasteiger partial charge in [-0.1, -0.05) is 11.6 Å². The summed E-state index contributed by atoms with van der Waals surface area (Å²) in [6.45, 7) is 0. The van der Waals surface area contributed by atoms with E-state index < -0.39 is 21.7 Å². The van der Waals surface area contributed by atoms with E-state index in [2.05, 4.69) is 15.8 Å². The van der Waals surface area contributed by atoms with E-state index in [-0.39, 0.29) is 29.5 Å². The predicted molar refractivity (Wildman–Crippen MR) is 90.3 cm³/mol. The van der Waals surface area contributed by atoms with Gasteiger partial charge in [0.25, 0.3) is 5.91 Å². The van der Waals surface area contributed by atoms with Gasteiger partial charge in [0.15, 0.2) is 9.84 Å². The molecule has 2 amide bonds. The molecule has 9 heteroatoms. The van der Waals surface area contributed by atoms with Crippen LogP contribution in [0.4, 0.5) is 0 Å². The van der Waals surface area contributed by atoms with Crippen molar-refractivity contribution in [2.45, 2.75) is 12.8 Å². The van der Waals surface area contributed by atoms with Gasteiger partial charge in [0.2, 0.25) is 5.91 Å². The molecule has 7 nitrogen and oxygen atoms in total. The number of aromatic nitrogens is 1. The molecule has 128 valence electrons. The van der Waals surface area contributed by atoms with E-state index in [1.54, 1.807) is 24.3 Å². The maximum Gasteiger partial charge on any atom is 0.286 e. The number of hydrogen-bond acceptors (Lipinski definition) is 4. The molecule has 1 aromatic heterocycles. The topological polar surface area (TPSA) is 108 Å². The van der Waals surface area contributed by atoms with Crippen LogP contribution in [0.3, 0.4) is 0 Å². The summed E-state index contributed by atoms with van der Waals surface area (Å²) in [5.74, 6) is -0.951. The summed E-state index contributed by atoms with van der Waals surface area (Å²) in [5.41, 5.74) is 5.67. The number of amides is 2. The number of nitrogens with one attached hydrogen (secondary N) is 3. The fraction of sp³-hybridized carbons (Fsp3) is 0.333. The maximum atomic E-state index is 12.1. The van der Waals surface area contributed by atoms with Gasteiger partial charge in [-0.15, -0.1) is 0 Å². The lowest BCUT2D eigenvalue weighted by Crippen LogP contribution is -2.42. The molecule has 0 bridgehead atoms. The largest absolute Gasteiger partial charge is 0.350 e. The Labute approximate surface area is 143 Å². The first-order valence-corrected chi connectivity index (χ1v) is 9.60. The standard InChI is InChI=1S/C15H16ClN3O4S/c16-11-1-2-12-10(6-11)7-13(17-12)15(21)19-18-14(20)5-9-3-4-24(22,23)8-9/h1-2,6-7,9,17H,3-5,8H2,(H,18,20)(H,19,21). The molecule has 1 aliphatic rings. The molecule has 24 heavy (non-hydrogen) atoms. The molecule has 2 aromatic rings. The Kier molecular flexibility index (Phi) is 4.51. The molecule has 1 saturated heterocycles. The molecule has 0 radical (unpaired) electrons. The number of halogens is 1. The van der Waals surface area contributed by atoms with Gasteiger partial charge in [0, 0.05) is 22.3 Å². The smallest absolute Gasteiger partial charge is 0.286 e. The summed E-state index contributed by atoms with van der Waals surface area (Å²) in [6, 6.07) is 6.82. The van der Waals surface area contributed by atoms with Crippen molar-refractivity contribution in [3.8, 4) is 0 Å². The monoisotopic (exact) mass is 369 g/mol. The molecule has 0 saturated carbocycles. The van der Waals surface area contributed by atoms with Crippen LogP contribution in [0.1, 0.15) is 23.3 Å². The van der Waals surface area contributed by atoms with E-state index in [0.29, 0.717) is 11.4 Å². The van der Waals surface area contributed by atoms with Gasteiger partial charge in [0.05, 0.1) is 11.5 Å². The Bertz CT molecular complexity index is 907. The summed E-state index contributed by atoms with van der Waals surface area (Å²) >= 11 is 5.90. The zero-order valence-electron chi connectivity index (χ0n) is 12.6. The van der Waals surface area contributed by atoms with Crippen LogP contribution in [0.2, 0.25) is 5.02 Å². The van der Waals surface area contributed by atoms with Crippen molar-refractivity contribution < 1.29 is 18.0 Å². The molecule has 1 unspecified atom stereocenters. The molecule has 3 rings (SSSR count). The molecule has 0 aliphatic carbocycles. The van der Waals surface area contributed by atoms with Crippen LogP contribution >= 0.6 is 11.6 Å². The highest BCUT2D eigenvalue weighted by molar-refractivity contribution is 7.91. The molecular weight excluding hydrogens is 354 g/mol. The summed E-state index contributed by atoms with van der Waals surface area (Å²) in [4.78, 5) is 26.8. The van der Waals surface area contributed by atoms with E-state index in [1.807, 2.05) is 0 Å². The van der Waals surface area contributed by atoms with E-state index in [1.165, 1.54) is 0 Å². The Morgan fingerprint density at radius 2 is 2.04 bits per heavy atom. The normalized spacial score (nSPS) is 19.3. The third-order valence-electron chi connectivity index (χ3n) is 3.94. The van der Waals surface area contributed by atoms with Crippen molar-refractivity contribution in [1.29, 1.82) is 0 Å². The van der Waals surface area contributed by atoms with E-state index >= 15 is 0 Å². The highest BCUT2D eigenvalue weighted by Crippen LogP contribution is 2.21. The van der Waals surface area contributed by atoms with Crippen molar-refractivity contribution in [3.63, 3.8) is 0 Å². The second-order valence-corrected chi connectivity index (χ2v) is 8.56. The SMILES string of the molecule is O=C(CC1CCS(=O)(=O)C1)NNC(=O)c1cc2cc(Cl)ccc2[nH]1. The fourth-order valence-corrected chi connectivity index (χ4v) is 4.81. The minimum Gasteiger partial charge on any atom is -0.350 e. The number of carbonyl (C=O) groups is 2. The number of aromatic amines is 1. The predicted octanol–water partition coefficient (Wildman–Crippen LogP) is 1.41. The number of H-pyrrole nitrogens is 1. The molecule has 1 aliphatic heterocycles. The quantitative estimate of drug-likeness (QED) is 0.711. The molecule has 1 fully saturated rings. The van der Waals surface area contributed by atoms with E-state index in [0.717, 1.165) is 10.9 Å². The van der Waals surface area contributed by atoms with Crippen LogP contribution in [0.15, 0.2) is 24.3 Å². The van der Waals surface area contributed by atoms with Crippen LogP contribution in [-0.2, 0) is 14.6 Å². The lowest BCUT2D eigenvalue weighted by atomic mass is 10.1. The fourth-order valence-electron chi connectivity index (χ4n) is 2.77. The van der Waals surface area contributed by atoms with Gasteiger partial charge in [-0.05, 0) is 36.6 Å². The van der Waals surface area contributed by atoms with Crippen molar-refractivity contribution >= 4 is 44.2 Å². The first-order valence-electron chi connectivity index (χ1n) is 7.40. The van der Waals surface area contributed by atoms with Gasteiger partial charge in [-0.25, -0.2) is 8.42 Å². The molecule has 1 atom stereocenters. The Hall–Kier alpha value is -2.06. The summed E-state index contributed by atoms with van der Waals surface area (Å²) in [5, 5.41) is 1.35. The van der Waals surface area contributed by atoms with Crippen LogP contribution in [0.5, 0.6) is 0 Å². The number of sulfone groups is 1. The Morgan fingerprint density at radius 1 is 1.25 bits per heavy atom. The first kappa shape index (κ1) is 16.8.